The molecule has 2 rings (SSSR count). The van der Waals surface area contributed by atoms with Crippen LogP contribution in [-0.2, 0) is 0 Å². The zero-order valence-electron chi connectivity index (χ0n) is 11.8. The van der Waals surface area contributed by atoms with Gasteiger partial charge in [-0.2, -0.15) is 0 Å². The molecule has 3 heteroatoms. The summed E-state index contributed by atoms with van der Waals surface area (Å²) in [6.07, 6.45) is 0. The third kappa shape index (κ3) is 2.52. The monoisotopic (exact) mass is 248 g/mol. The van der Waals surface area contributed by atoms with Gasteiger partial charge in [0.25, 0.3) is 0 Å². The van der Waals surface area contributed by atoms with E-state index in [1.54, 1.807) is 0 Å². The lowest BCUT2D eigenvalue weighted by atomic mass is 10.0. The van der Waals surface area contributed by atoms with Gasteiger partial charge >= 0.3 is 0 Å². The van der Waals surface area contributed by atoms with Gasteiger partial charge in [-0.3, -0.25) is 0 Å². The standard InChI is InChI=1S/C15H24N2O/c1-10-5-11(2)15(12(3)6-10)17-8-14(9-18)16-7-13(17)4/h5-6,13-14,16,18H,7-9H2,1-4H3. The van der Waals surface area contributed by atoms with Crippen molar-refractivity contribution in [3.8, 4) is 0 Å². The lowest BCUT2D eigenvalue weighted by molar-refractivity contribution is 0.227. The average molecular weight is 248 g/mol. The topological polar surface area (TPSA) is 35.5 Å². The van der Waals surface area contributed by atoms with E-state index in [-0.39, 0.29) is 12.6 Å². The second kappa shape index (κ2) is 5.29. The normalized spacial score (nSPS) is 24.4. The molecule has 0 aromatic heterocycles. The molecule has 1 aliphatic rings. The third-order valence-electron chi connectivity index (χ3n) is 3.79. The first kappa shape index (κ1) is 13.4. The van der Waals surface area contributed by atoms with Crippen molar-refractivity contribution in [2.75, 3.05) is 24.6 Å². The van der Waals surface area contributed by atoms with E-state index in [9.17, 15) is 5.11 Å². The highest BCUT2D eigenvalue weighted by Crippen LogP contribution is 2.29. The first-order chi connectivity index (χ1) is 8.52. The largest absolute Gasteiger partial charge is 0.395 e. The van der Waals surface area contributed by atoms with Gasteiger partial charge < -0.3 is 15.3 Å². The molecule has 0 aliphatic carbocycles. The van der Waals surface area contributed by atoms with E-state index in [2.05, 4.69) is 50.0 Å². The number of aliphatic hydroxyl groups is 1. The Hall–Kier alpha value is -1.06. The maximum absolute atomic E-state index is 9.34. The molecule has 2 unspecified atom stereocenters. The van der Waals surface area contributed by atoms with E-state index < -0.39 is 0 Å². The molecule has 1 fully saturated rings. The smallest absolute Gasteiger partial charge is 0.0601 e. The summed E-state index contributed by atoms with van der Waals surface area (Å²) in [4.78, 5) is 2.43. The molecule has 3 nitrogen and oxygen atoms in total. The Morgan fingerprint density at radius 2 is 1.89 bits per heavy atom. The van der Waals surface area contributed by atoms with E-state index in [1.165, 1.54) is 22.4 Å². The predicted octanol–water partition coefficient (Wildman–Crippen LogP) is 1.77. The Labute approximate surface area is 110 Å². The van der Waals surface area contributed by atoms with Crippen LogP contribution in [0.5, 0.6) is 0 Å². The van der Waals surface area contributed by atoms with Crippen LogP contribution in [0.15, 0.2) is 12.1 Å². The summed E-state index contributed by atoms with van der Waals surface area (Å²) in [6.45, 7) is 10.7. The van der Waals surface area contributed by atoms with Gasteiger partial charge in [-0.15, -0.1) is 0 Å². The Bertz CT molecular complexity index is 407. The molecule has 2 N–H and O–H groups in total. The Morgan fingerprint density at radius 3 is 2.44 bits per heavy atom. The van der Waals surface area contributed by atoms with E-state index in [4.69, 9.17) is 0 Å². The highest BCUT2D eigenvalue weighted by Gasteiger charge is 2.26. The Kier molecular flexibility index (Phi) is 3.93. The van der Waals surface area contributed by atoms with Crippen molar-refractivity contribution < 1.29 is 5.11 Å². The summed E-state index contributed by atoms with van der Waals surface area (Å²) >= 11 is 0. The molecular formula is C15H24N2O. The van der Waals surface area contributed by atoms with Gasteiger partial charge in [-0.25, -0.2) is 0 Å². The summed E-state index contributed by atoms with van der Waals surface area (Å²) in [5.74, 6) is 0. The van der Waals surface area contributed by atoms with Gasteiger partial charge in [0.15, 0.2) is 0 Å². The van der Waals surface area contributed by atoms with Crippen LogP contribution in [-0.4, -0.2) is 36.9 Å². The van der Waals surface area contributed by atoms with Crippen molar-refractivity contribution in [1.29, 1.82) is 0 Å². The number of rotatable bonds is 2. The maximum Gasteiger partial charge on any atom is 0.0601 e. The molecule has 1 aromatic carbocycles. The van der Waals surface area contributed by atoms with Crippen molar-refractivity contribution in [3.05, 3.63) is 28.8 Å². The second-order valence-electron chi connectivity index (χ2n) is 5.54. The fourth-order valence-corrected chi connectivity index (χ4v) is 2.99. The van der Waals surface area contributed by atoms with E-state index in [1.807, 2.05) is 0 Å². The number of nitrogens with zero attached hydrogens (tertiary/aromatic N) is 1. The van der Waals surface area contributed by atoms with E-state index in [0.717, 1.165) is 13.1 Å². The fourth-order valence-electron chi connectivity index (χ4n) is 2.99. The lowest BCUT2D eigenvalue weighted by Gasteiger charge is -2.41. The van der Waals surface area contributed by atoms with Crippen LogP contribution in [0, 0.1) is 20.8 Å². The van der Waals surface area contributed by atoms with Crippen LogP contribution in [0.3, 0.4) is 0 Å². The van der Waals surface area contributed by atoms with Crippen LogP contribution < -0.4 is 10.2 Å². The van der Waals surface area contributed by atoms with Crippen molar-refractivity contribution >= 4 is 5.69 Å². The van der Waals surface area contributed by atoms with Crippen LogP contribution in [0.2, 0.25) is 0 Å². The SMILES string of the molecule is Cc1cc(C)c(N2CC(CO)NCC2C)c(C)c1. The summed E-state index contributed by atoms with van der Waals surface area (Å²) < 4.78 is 0. The number of aryl methyl sites for hydroxylation is 3. The number of piperazine rings is 1. The number of benzene rings is 1. The van der Waals surface area contributed by atoms with Crippen molar-refractivity contribution in [2.45, 2.75) is 39.8 Å². The molecule has 1 heterocycles. The molecule has 0 saturated carbocycles. The molecule has 1 aliphatic heterocycles. The molecule has 0 amide bonds. The highest BCUT2D eigenvalue weighted by atomic mass is 16.3. The van der Waals surface area contributed by atoms with Gasteiger partial charge in [0.05, 0.1) is 6.61 Å². The molecule has 0 radical (unpaired) electrons. The summed E-state index contributed by atoms with van der Waals surface area (Å²) in [6, 6.07) is 5.13. The van der Waals surface area contributed by atoms with Gasteiger partial charge in [-0.05, 0) is 38.8 Å². The number of hydrogen-bond donors (Lipinski definition) is 2. The number of aliphatic hydroxyl groups excluding tert-OH is 1. The molecule has 100 valence electrons. The second-order valence-corrected chi connectivity index (χ2v) is 5.54. The van der Waals surface area contributed by atoms with Crippen molar-refractivity contribution in [3.63, 3.8) is 0 Å². The first-order valence-electron chi connectivity index (χ1n) is 6.71. The molecule has 0 bridgehead atoms. The molecule has 2 atom stereocenters. The minimum atomic E-state index is 0.182. The average Bonchev–Trinajstić information content (AvgIpc) is 2.30. The predicted molar refractivity (Wildman–Crippen MR) is 76.3 cm³/mol. The van der Waals surface area contributed by atoms with Gasteiger partial charge in [-0.1, -0.05) is 17.7 Å². The summed E-state index contributed by atoms with van der Waals surface area (Å²) in [7, 11) is 0. The zero-order valence-corrected chi connectivity index (χ0v) is 11.8. The molecule has 0 spiro atoms. The first-order valence-corrected chi connectivity index (χ1v) is 6.71. The van der Waals surface area contributed by atoms with Crippen molar-refractivity contribution in [1.82, 2.24) is 5.32 Å². The molecule has 1 aromatic rings. The lowest BCUT2D eigenvalue weighted by Crippen LogP contribution is -2.57. The van der Waals surface area contributed by atoms with Crippen LogP contribution in [0.25, 0.3) is 0 Å². The molecule has 1 saturated heterocycles. The number of hydrogen-bond acceptors (Lipinski definition) is 3. The van der Waals surface area contributed by atoms with E-state index >= 15 is 0 Å². The summed E-state index contributed by atoms with van der Waals surface area (Å²) in [5.41, 5.74) is 5.32. The van der Waals surface area contributed by atoms with Gasteiger partial charge in [0.2, 0.25) is 0 Å². The summed E-state index contributed by atoms with van der Waals surface area (Å²) in [5, 5.41) is 12.7. The zero-order chi connectivity index (χ0) is 13.3. The van der Waals surface area contributed by atoms with E-state index in [0.29, 0.717) is 6.04 Å². The maximum atomic E-state index is 9.34. The Balaban J connectivity index is 2.34. The minimum absolute atomic E-state index is 0.182. The Morgan fingerprint density at radius 1 is 1.28 bits per heavy atom. The van der Waals surface area contributed by atoms with Crippen LogP contribution in [0.1, 0.15) is 23.6 Å². The highest BCUT2D eigenvalue weighted by molar-refractivity contribution is 5.61. The van der Waals surface area contributed by atoms with Gasteiger partial charge in [0.1, 0.15) is 0 Å². The van der Waals surface area contributed by atoms with Crippen LogP contribution in [0.4, 0.5) is 5.69 Å². The molecular weight excluding hydrogens is 224 g/mol. The molecule has 18 heavy (non-hydrogen) atoms. The van der Waals surface area contributed by atoms with Gasteiger partial charge in [0, 0.05) is 30.9 Å². The van der Waals surface area contributed by atoms with Crippen molar-refractivity contribution in [2.24, 2.45) is 0 Å². The number of nitrogens with one attached hydrogen (secondary N) is 1. The fraction of sp³-hybridized carbons (Fsp3) is 0.600. The minimum Gasteiger partial charge on any atom is -0.395 e. The van der Waals surface area contributed by atoms with Crippen LogP contribution >= 0.6 is 0 Å². The number of anilines is 1. The quantitative estimate of drug-likeness (QED) is 0.837. The third-order valence-corrected chi connectivity index (χ3v) is 3.79.